The lowest BCUT2D eigenvalue weighted by Gasteiger charge is -2.03. The quantitative estimate of drug-likeness (QED) is 0.547. The Bertz CT molecular complexity index is 525. The van der Waals surface area contributed by atoms with Crippen LogP contribution in [0.3, 0.4) is 0 Å². The van der Waals surface area contributed by atoms with Crippen LogP contribution >= 0.6 is 0 Å². The summed E-state index contributed by atoms with van der Waals surface area (Å²) in [4.78, 5) is 14.2. The summed E-state index contributed by atoms with van der Waals surface area (Å²) >= 11 is 0. The van der Waals surface area contributed by atoms with Crippen LogP contribution in [-0.4, -0.2) is 16.2 Å². The number of nitrogen functional groups attached to an aromatic ring is 1. The van der Waals surface area contributed by atoms with E-state index in [9.17, 15) is 4.79 Å². The zero-order chi connectivity index (χ0) is 10.8. The standard InChI is InChI=1S/C10H8N2O3/c11-9-8-5-7(15-10(13)14)2-1-6(8)3-4-12-9/h1-5H,(H2,11,12)(H,13,14). The molecule has 0 unspecified atom stereocenters. The molecule has 0 spiro atoms. The maximum atomic E-state index is 10.3. The summed E-state index contributed by atoms with van der Waals surface area (Å²) in [5.41, 5.74) is 5.64. The topological polar surface area (TPSA) is 85.4 Å². The van der Waals surface area contributed by atoms with Crippen LogP contribution in [0.15, 0.2) is 30.5 Å². The summed E-state index contributed by atoms with van der Waals surface area (Å²) in [6, 6.07) is 6.63. The summed E-state index contributed by atoms with van der Waals surface area (Å²) in [5, 5.41) is 10.0. The van der Waals surface area contributed by atoms with E-state index < -0.39 is 6.16 Å². The summed E-state index contributed by atoms with van der Waals surface area (Å²) < 4.78 is 4.51. The third-order valence-corrected chi connectivity index (χ3v) is 1.97. The first kappa shape index (κ1) is 9.26. The van der Waals surface area contributed by atoms with Crippen LogP contribution in [0.25, 0.3) is 10.8 Å². The summed E-state index contributed by atoms with van der Waals surface area (Å²) in [6.07, 6.45) is 0.242. The van der Waals surface area contributed by atoms with Crippen molar-refractivity contribution in [1.29, 1.82) is 0 Å². The molecule has 2 aromatic rings. The highest BCUT2D eigenvalue weighted by molar-refractivity contribution is 5.92. The van der Waals surface area contributed by atoms with Crippen molar-refractivity contribution in [2.24, 2.45) is 0 Å². The Morgan fingerprint density at radius 3 is 2.93 bits per heavy atom. The van der Waals surface area contributed by atoms with Gasteiger partial charge in [-0.1, -0.05) is 6.07 Å². The minimum atomic E-state index is -1.35. The number of hydrogen-bond acceptors (Lipinski definition) is 4. The minimum Gasteiger partial charge on any atom is -0.449 e. The fraction of sp³-hybridized carbons (Fsp3) is 0. The molecule has 15 heavy (non-hydrogen) atoms. The van der Waals surface area contributed by atoms with E-state index in [4.69, 9.17) is 10.8 Å². The van der Waals surface area contributed by atoms with E-state index in [1.54, 1.807) is 30.5 Å². The van der Waals surface area contributed by atoms with Gasteiger partial charge in [-0.15, -0.1) is 0 Å². The van der Waals surface area contributed by atoms with Gasteiger partial charge in [0, 0.05) is 11.6 Å². The number of anilines is 1. The van der Waals surface area contributed by atoms with Crippen molar-refractivity contribution in [3.8, 4) is 5.75 Å². The van der Waals surface area contributed by atoms with E-state index >= 15 is 0 Å². The van der Waals surface area contributed by atoms with Gasteiger partial charge in [0.1, 0.15) is 11.6 Å². The van der Waals surface area contributed by atoms with Gasteiger partial charge in [-0.25, -0.2) is 9.78 Å². The monoisotopic (exact) mass is 204 g/mol. The smallest absolute Gasteiger partial charge is 0.449 e. The van der Waals surface area contributed by atoms with Crippen molar-refractivity contribution in [3.63, 3.8) is 0 Å². The largest absolute Gasteiger partial charge is 0.511 e. The van der Waals surface area contributed by atoms with Gasteiger partial charge in [-0.05, 0) is 23.6 Å². The van der Waals surface area contributed by atoms with Gasteiger partial charge in [0.05, 0.1) is 0 Å². The molecule has 0 amide bonds. The number of fused-ring (bicyclic) bond motifs is 1. The predicted molar refractivity (Wildman–Crippen MR) is 54.8 cm³/mol. The van der Waals surface area contributed by atoms with Gasteiger partial charge in [0.15, 0.2) is 0 Å². The van der Waals surface area contributed by atoms with Gasteiger partial charge in [-0.2, -0.15) is 0 Å². The number of carbonyl (C=O) groups is 1. The van der Waals surface area contributed by atoms with Crippen molar-refractivity contribution in [3.05, 3.63) is 30.5 Å². The molecule has 0 radical (unpaired) electrons. The van der Waals surface area contributed by atoms with Crippen molar-refractivity contribution in [2.75, 3.05) is 5.73 Å². The van der Waals surface area contributed by atoms with Crippen LogP contribution in [0.4, 0.5) is 10.6 Å². The van der Waals surface area contributed by atoms with Gasteiger partial charge in [0.25, 0.3) is 0 Å². The number of hydrogen-bond donors (Lipinski definition) is 2. The van der Waals surface area contributed by atoms with E-state index in [1.165, 1.54) is 0 Å². The maximum Gasteiger partial charge on any atom is 0.511 e. The normalized spacial score (nSPS) is 10.1. The summed E-state index contributed by atoms with van der Waals surface area (Å²) in [7, 11) is 0. The van der Waals surface area contributed by atoms with Crippen LogP contribution in [0, 0.1) is 0 Å². The van der Waals surface area contributed by atoms with Crippen LogP contribution in [0.1, 0.15) is 0 Å². The molecule has 0 aliphatic heterocycles. The second-order valence-corrected chi connectivity index (χ2v) is 2.95. The number of benzene rings is 1. The molecule has 76 valence electrons. The molecule has 0 saturated carbocycles. The third kappa shape index (κ3) is 1.80. The van der Waals surface area contributed by atoms with Crippen LogP contribution in [-0.2, 0) is 0 Å². The second-order valence-electron chi connectivity index (χ2n) is 2.95. The lowest BCUT2D eigenvalue weighted by atomic mass is 10.1. The first-order valence-corrected chi connectivity index (χ1v) is 4.22. The number of nitrogens with zero attached hydrogens (tertiary/aromatic N) is 1. The number of pyridine rings is 1. The second kappa shape index (κ2) is 3.45. The SMILES string of the molecule is Nc1nccc2ccc(OC(=O)O)cc12. The van der Waals surface area contributed by atoms with Gasteiger partial charge in [-0.3, -0.25) is 0 Å². The van der Waals surface area contributed by atoms with Gasteiger partial charge < -0.3 is 15.6 Å². The van der Waals surface area contributed by atoms with Gasteiger partial charge in [0.2, 0.25) is 0 Å². The average Bonchev–Trinajstić information content (AvgIpc) is 2.18. The fourth-order valence-electron chi connectivity index (χ4n) is 1.33. The molecule has 0 atom stereocenters. The Balaban J connectivity index is 2.54. The first-order chi connectivity index (χ1) is 7.16. The zero-order valence-electron chi connectivity index (χ0n) is 7.68. The summed E-state index contributed by atoms with van der Waals surface area (Å²) in [5.74, 6) is 0.582. The van der Waals surface area contributed by atoms with Crippen molar-refractivity contribution in [1.82, 2.24) is 4.98 Å². The molecule has 0 fully saturated rings. The number of rotatable bonds is 1. The van der Waals surface area contributed by atoms with E-state index in [-0.39, 0.29) is 5.75 Å². The van der Waals surface area contributed by atoms with Crippen LogP contribution in [0.2, 0.25) is 0 Å². The van der Waals surface area contributed by atoms with Crippen molar-refractivity contribution in [2.45, 2.75) is 0 Å². The molecule has 0 aliphatic carbocycles. The average molecular weight is 204 g/mol. The molecule has 2 rings (SSSR count). The highest BCUT2D eigenvalue weighted by Gasteiger charge is 2.04. The van der Waals surface area contributed by atoms with E-state index in [1.807, 2.05) is 0 Å². The van der Waals surface area contributed by atoms with E-state index in [2.05, 4.69) is 9.72 Å². The molecule has 1 aromatic heterocycles. The Morgan fingerprint density at radius 2 is 2.20 bits per heavy atom. The van der Waals surface area contributed by atoms with E-state index in [0.717, 1.165) is 5.39 Å². The highest BCUT2D eigenvalue weighted by atomic mass is 16.7. The lowest BCUT2D eigenvalue weighted by Crippen LogP contribution is -2.02. The van der Waals surface area contributed by atoms with E-state index in [0.29, 0.717) is 11.2 Å². The highest BCUT2D eigenvalue weighted by Crippen LogP contribution is 2.23. The molecular weight excluding hydrogens is 196 g/mol. The number of nitrogens with two attached hydrogens (primary N) is 1. The molecule has 1 heterocycles. The van der Waals surface area contributed by atoms with Crippen LogP contribution < -0.4 is 10.5 Å². The molecule has 5 heteroatoms. The Kier molecular flexibility index (Phi) is 2.13. The molecular formula is C10H8N2O3. The molecule has 1 aromatic carbocycles. The molecule has 3 N–H and O–H groups in total. The number of ether oxygens (including phenoxy) is 1. The Morgan fingerprint density at radius 1 is 1.40 bits per heavy atom. The minimum absolute atomic E-state index is 0.231. The molecule has 0 aliphatic rings. The first-order valence-electron chi connectivity index (χ1n) is 4.22. The van der Waals surface area contributed by atoms with Crippen molar-refractivity contribution < 1.29 is 14.6 Å². The lowest BCUT2D eigenvalue weighted by molar-refractivity contribution is 0.144. The van der Waals surface area contributed by atoms with Gasteiger partial charge >= 0.3 is 6.16 Å². The number of aromatic nitrogens is 1. The van der Waals surface area contributed by atoms with Crippen molar-refractivity contribution >= 4 is 22.7 Å². The van der Waals surface area contributed by atoms with Crippen LogP contribution in [0.5, 0.6) is 5.75 Å². The Labute approximate surface area is 85.1 Å². The molecule has 0 bridgehead atoms. The third-order valence-electron chi connectivity index (χ3n) is 1.97. The Hall–Kier alpha value is -2.30. The maximum absolute atomic E-state index is 10.3. The zero-order valence-corrected chi connectivity index (χ0v) is 7.68. The molecule has 5 nitrogen and oxygen atoms in total. The fourth-order valence-corrected chi connectivity index (χ4v) is 1.33. The number of carboxylic acid groups (broad SMARTS) is 1. The molecule has 0 saturated heterocycles. The summed E-state index contributed by atoms with van der Waals surface area (Å²) in [6.45, 7) is 0. The predicted octanol–water partition coefficient (Wildman–Crippen LogP) is 1.87.